The van der Waals surface area contributed by atoms with Gasteiger partial charge in [-0.05, 0) is 25.3 Å². The van der Waals surface area contributed by atoms with Crippen LogP contribution < -0.4 is 0 Å². The molecule has 2 aromatic rings. The van der Waals surface area contributed by atoms with Gasteiger partial charge in [-0.25, -0.2) is 0 Å². The topological polar surface area (TPSA) is 55.1 Å². The number of hydrogen-bond donors (Lipinski definition) is 1. The Bertz CT molecular complexity index is 560. The SMILES string of the molecule is CCn1nc(CC(C)CC(=O)O)c2ccccc21. The number of aromatic nitrogens is 2. The first kappa shape index (κ1) is 12.6. The molecule has 1 aromatic heterocycles. The van der Waals surface area contributed by atoms with Gasteiger partial charge < -0.3 is 5.11 Å². The van der Waals surface area contributed by atoms with E-state index in [9.17, 15) is 4.79 Å². The Balaban J connectivity index is 2.30. The molecule has 1 N–H and O–H groups in total. The molecule has 0 aliphatic rings. The third kappa shape index (κ3) is 2.53. The van der Waals surface area contributed by atoms with E-state index in [2.05, 4.69) is 24.2 Å². The molecule has 0 fully saturated rings. The highest BCUT2D eigenvalue weighted by Gasteiger charge is 2.14. The maximum atomic E-state index is 10.7. The number of aliphatic carboxylic acids is 1. The van der Waals surface area contributed by atoms with E-state index in [4.69, 9.17) is 5.11 Å². The fraction of sp³-hybridized carbons (Fsp3) is 0.429. The Morgan fingerprint density at radius 3 is 2.83 bits per heavy atom. The van der Waals surface area contributed by atoms with Gasteiger partial charge in [0, 0.05) is 18.4 Å². The molecule has 0 aliphatic heterocycles. The fourth-order valence-electron chi connectivity index (χ4n) is 2.29. The summed E-state index contributed by atoms with van der Waals surface area (Å²) < 4.78 is 1.97. The molecule has 0 bridgehead atoms. The summed E-state index contributed by atoms with van der Waals surface area (Å²) in [7, 11) is 0. The Morgan fingerprint density at radius 2 is 2.17 bits per heavy atom. The van der Waals surface area contributed by atoms with Crippen LogP contribution in [0.2, 0.25) is 0 Å². The molecule has 1 unspecified atom stereocenters. The van der Waals surface area contributed by atoms with Gasteiger partial charge in [0.05, 0.1) is 11.2 Å². The van der Waals surface area contributed by atoms with Gasteiger partial charge in [-0.1, -0.05) is 25.1 Å². The average Bonchev–Trinajstić information content (AvgIpc) is 2.67. The molecule has 1 heterocycles. The van der Waals surface area contributed by atoms with Crippen molar-refractivity contribution in [2.45, 2.75) is 33.2 Å². The van der Waals surface area contributed by atoms with Crippen LogP contribution in [0.3, 0.4) is 0 Å². The molecular formula is C14H18N2O2. The molecule has 96 valence electrons. The molecular weight excluding hydrogens is 228 g/mol. The molecule has 18 heavy (non-hydrogen) atoms. The predicted octanol–water partition coefficient (Wildman–Crippen LogP) is 2.71. The molecule has 0 spiro atoms. The normalized spacial score (nSPS) is 12.8. The zero-order chi connectivity index (χ0) is 13.1. The first-order valence-corrected chi connectivity index (χ1v) is 6.28. The number of carbonyl (C=O) groups is 1. The summed E-state index contributed by atoms with van der Waals surface area (Å²) in [5, 5.41) is 14.5. The van der Waals surface area contributed by atoms with Crippen molar-refractivity contribution in [3.63, 3.8) is 0 Å². The van der Waals surface area contributed by atoms with Gasteiger partial charge in [-0.2, -0.15) is 5.10 Å². The van der Waals surface area contributed by atoms with Crippen molar-refractivity contribution in [1.29, 1.82) is 0 Å². The second-order valence-electron chi connectivity index (χ2n) is 4.69. The van der Waals surface area contributed by atoms with Crippen LogP contribution in [-0.4, -0.2) is 20.9 Å². The summed E-state index contributed by atoms with van der Waals surface area (Å²) in [5.74, 6) is -0.646. The highest BCUT2D eigenvalue weighted by atomic mass is 16.4. The fourth-order valence-corrected chi connectivity index (χ4v) is 2.29. The van der Waals surface area contributed by atoms with Gasteiger partial charge in [0.25, 0.3) is 0 Å². The zero-order valence-corrected chi connectivity index (χ0v) is 10.8. The summed E-state index contributed by atoms with van der Waals surface area (Å²) in [4.78, 5) is 10.7. The third-order valence-electron chi connectivity index (χ3n) is 3.10. The number of aryl methyl sites for hydroxylation is 1. The first-order chi connectivity index (χ1) is 8.61. The lowest BCUT2D eigenvalue weighted by Crippen LogP contribution is -2.08. The van der Waals surface area contributed by atoms with Crippen LogP contribution in [0, 0.1) is 5.92 Å². The van der Waals surface area contributed by atoms with Crippen LogP contribution in [0.4, 0.5) is 0 Å². The summed E-state index contributed by atoms with van der Waals surface area (Å²) in [5.41, 5.74) is 2.12. The van der Waals surface area contributed by atoms with E-state index in [1.807, 2.05) is 23.7 Å². The molecule has 2 rings (SSSR count). The van der Waals surface area contributed by atoms with Crippen molar-refractivity contribution >= 4 is 16.9 Å². The summed E-state index contributed by atoms with van der Waals surface area (Å²) in [6, 6.07) is 8.10. The average molecular weight is 246 g/mol. The van der Waals surface area contributed by atoms with Crippen LogP contribution in [0.25, 0.3) is 10.9 Å². The Labute approximate surface area is 106 Å². The highest BCUT2D eigenvalue weighted by Crippen LogP contribution is 2.21. The minimum atomic E-state index is -0.748. The predicted molar refractivity (Wildman–Crippen MR) is 70.5 cm³/mol. The summed E-state index contributed by atoms with van der Waals surface area (Å²) in [6.45, 7) is 4.84. The maximum absolute atomic E-state index is 10.7. The monoisotopic (exact) mass is 246 g/mol. The van der Waals surface area contributed by atoms with Crippen LogP contribution in [0.1, 0.15) is 26.0 Å². The van der Waals surface area contributed by atoms with Crippen molar-refractivity contribution in [1.82, 2.24) is 9.78 Å². The van der Waals surface area contributed by atoms with Crippen molar-refractivity contribution < 1.29 is 9.90 Å². The number of carboxylic acids is 1. The Hall–Kier alpha value is -1.84. The van der Waals surface area contributed by atoms with Crippen LogP contribution in [0.5, 0.6) is 0 Å². The Morgan fingerprint density at radius 1 is 1.44 bits per heavy atom. The van der Waals surface area contributed by atoms with E-state index in [0.29, 0.717) is 6.42 Å². The largest absolute Gasteiger partial charge is 0.481 e. The lowest BCUT2D eigenvalue weighted by Gasteiger charge is -2.05. The van der Waals surface area contributed by atoms with Gasteiger partial charge >= 0.3 is 5.97 Å². The Kier molecular flexibility index (Phi) is 3.65. The molecule has 4 heteroatoms. The van der Waals surface area contributed by atoms with Gasteiger partial charge in [0.15, 0.2) is 0 Å². The molecule has 0 saturated carbocycles. The van der Waals surface area contributed by atoms with Crippen molar-refractivity contribution in [2.24, 2.45) is 5.92 Å². The minimum absolute atomic E-state index is 0.103. The van der Waals surface area contributed by atoms with Gasteiger partial charge in [0.2, 0.25) is 0 Å². The van der Waals surface area contributed by atoms with E-state index >= 15 is 0 Å². The van der Waals surface area contributed by atoms with Gasteiger partial charge in [-0.3, -0.25) is 9.48 Å². The van der Waals surface area contributed by atoms with Crippen molar-refractivity contribution in [2.75, 3.05) is 0 Å². The number of para-hydroxylation sites is 1. The van der Waals surface area contributed by atoms with E-state index in [1.54, 1.807) is 0 Å². The number of benzene rings is 1. The quantitative estimate of drug-likeness (QED) is 0.882. The van der Waals surface area contributed by atoms with E-state index in [0.717, 1.165) is 23.1 Å². The van der Waals surface area contributed by atoms with E-state index in [1.165, 1.54) is 0 Å². The maximum Gasteiger partial charge on any atom is 0.303 e. The molecule has 0 radical (unpaired) electrons. The number of rotatable bonds is 5. The number of hydrogen-bond acceptors (Lipinski definition) is 2. The minimum Gasteiger partial charge on any atom is -0.481 e. The summed E-state index contributed by atoms with van der Waals surface area (Å²) >= 11 is 0. The standard InChI is InChI=1S/C14H18N2O2/c1-3-16-13-7-5-4-6-11(13)12(15-16)8-10(2)9-14(17)18/h4-7,10H,3,8-9H2,1-2H3,(H,17,18). The summed E-state index contributed by atoms with van der Waals surface area (Å²) in [6.07, 6.45) is 0.896. The van der Waals surface area contributed by atoms with Crippen LogP contribution >= 0.6 is 0 Å². The molecule has 0 saturated heterocycles. The lowest BCUT2D eigenvalue weighted by molar-refractivity contribution is -0.137. The van der Waals surface area contributed by atoms with Crippen LogP contribution in [0.15, 0.2) is 24.3 Å². The zero-order valence-electron chi connectivity index (χ0n) is 10.8. The molecule has 0 amide bonds. The van der Waals surface area contributed by atoms with Gasteiger partial charge in [0.1, 0.15) is 0 Å². The molecule has 4 nitrogen and oxygen atoms in total. The number of carboxylic acid groups (broad SMARTS) is 1. The highest BCUT2D eigenvalue weighted by molar-refractivity contribution is 5.82. The molecule has 1 aromatic carbocycles. The number of fused-ring (bicyclic) bond motifs is 1. The molecule has 0 aliphatic carbocycles. The van der Waals surface area contributed by atoms with E-state index < -0.39 is 5.97 Å². The second kappa shape index (κ2) is 5.21. The van der Waals surface area contributed by atoms with Crippen molar-refractivity contribution in [3.8, 4) is 0 Å². The number of nitrogens with zero attached hydrogens (tertiary/aromatic N) is 2. The lowest BCUT2D eigenvalue weighted by atomic mass is 10.00. The van der Waals surface area contributed by atoms with E-state index in [-0.39, 0.29) is 12.3 Å². The van der Waals surface area contributed by atoms with Gasteiger partial charge in [-0.15, -0.1) is 0 Å². The van der Waals surface area contributed by atoms with Crippen molar-refractivity contribution in [3.05, 3.63) is 30.0 Å². The van der Waals surface area contributed by atoms with Crippen LogP contribution in [-0.2, 0) is 17.8 Å². The third-order valence-corrected chi connectivity index (χ3v) is 3.10. The second-order valence-corrected chi connectivity index (χ2v) is 4.69. The first-order valence-electron chi connectivity index (χ1n) is 6.28. The smallest absolute Gasteiger partial charge is 0.303 e. The molecule has 1 atom stereocenters.